The average Bonchev–Trinajstić information content (AvgIpc) is 2.29. The Kier molecular flexibility index (Phi) is 3.82. The number of halogens is 4. The lowest BCUT2D eigenvalue weighted by molar-refractivity contribution is -0.136. The van der Waals surface area contributed by atoms with E-state index in [4.69, 9.17) is 0 Å². The van der Waals surface area contributed by atoms with Crippen LogP contribution in [0.3, 0.4) is 0 Å². The van der Waals surface area contributed by atoms with Gasteiger partial charge in [-0.1, -0.05) is 12.1 Å². The zero-order chi connectivity index (χ0) is 13.1. The lowest BCUT2D eigenvalue weighted by Gasteiger charge is -2.08. The van der Waals surface area contributed by atoms with Gasteiger partial charge in [-0.25, -0.2) is 9.78 Å². The van der Waals surface area contributed by atoms with E-state index in [1.54, 1.807) is 0 Å². The first kappa shape index (κ1) is 13.1. The Balaban J connectivity index is 0.000000686. The van der Waals surface area contributed by atoms with Gasteiger partial charge < -0.3 is 4.98 Å². The Morgan fingerprint density at radius 3 is 2.47 bits per heavy atom. The molecule has 0 aliphatic carbocycles. The number of H-pyrrole nitrogens is 1. The minimum absolute atomic E-state index is 0.231. The highest BCUT2D eigenvalue weighted by molar-refractivity contribution is 5.81. The van der Waals surface area contributed by atoms with Crippen molar-refractivity contribution in [1.29, 1.82) is 0 Å². The van der Waals surface area contributed by atoms with Crippen molar-refractivity contribution in [3.05, 3.63) is 40.4 Å². The molecule has 0 aliphatic heterocycles. The zero-order valence-electron chi connectivity index (χ0n) is 8.68. The molecular weight excluding hydrogens is 240 g/mol. The van der Waals surface area contributed by atoms with Crippen LogP contribution in [0, 0.1) is 0 Å². The van der Waals surface area contributed by atoms with Gasteiger partial charge in [0.25, 0.3) is 0 Å². The van der Waals surface area contributed by atoms with Crippen molar-refractivity contribution in [1.82, 2.24) is 9.97 Å². The fourth-order valence-corrected chi connectivity index (χ4v) is 1.32. The standard InChI is InChI=1S/C9H5F3N2O.CH3F/c10-9(11,12)6-3-1-2-5-4-13-8(15)14-7(5)6;1-2/h1-4H,(H,13,14,15);1H3. The summed E-state index contributed by atoms with van der Waals surface area (Å²) in [5.74, 6) is 0. The van der Waals surface area contributed by atoms with Crippen molar-refractivity contribution in [3.63, 3.8) is 0 Å². The molecule has 7 heteroatoms. The van der Waals surface area contributed by atoms with Crippen molar-refractivity contribution < 1.29 is 17.6 Å². The molecule has 1 aromatic heterocycles. The molecule has 0 unspecified atom stereocenters. The summed E-state index contributed by atoms with van der Waals surface area (Å²) < 4.78 is 47.0. The number of rotatable bonds is 0. The summed E-state index contributed by atoms with van der Waals surface area (Å²) in [7, 11) is 0.500. The summed E-state index contributed by atoms with van der Waals surface area (Å²) in [5, 5.41) is 0.254. The smallest absolute Gasteiger partial charge is 0.305 e. The molecule has 0 amide bonds. The van der Waals surface area contributed by atoms with E-state index in [1.165, 1.54) is 12.1 Å². The Morgan fingerprint density at radius 2 is 1.88 bits per heavy atom. The average molecular weight is 248 g/mol. The molecular formula is C10H8F4N2O. The van der Waals surface area contributed by atoms with Crippen LogP contribution < -0.4 is 5.69 Å². The number of alkyl halides is 4. The van der Waals surface area contributed by atoms with Crippen molar-refractivity contribution in [2.24, 2.45) is 0 Å². The first-order valence-electron chi connectivity index (χ1n) is 4.41. The largest absolute Gasteiger partial charge is 0.418 e. The Hall–Kier alpha value is -1.92. The second-order valence-electron chi connectivity index (χ2n) is 2.96. The fraction of sp³-hybridized carbons (Fsp3) is 0.200. The maximum absolute atomic E-state index is 12.5. The summed E-state index contributed by atoms with van der Waals surface area (Å²) in [6.45, 7) is 0. The molecule has 2 aromatic rings. The van der Waals surface area contributed by atoms with E-state index in [0.717, 1.165) is 12.3 Å². The highest BCUT2D eigenvalue weighted by Crippen LogP contribution is 2.32. The third kappa shape index (κ3) is 2.80. The molecule has 3 nitrogen and oxygen atoms in total. The summed E-state index contributed by atoms with van der Waals surface area (Å²) >= 11 is 0. The maximum Gasteiger partial charge on any atom is 0.418 e. The molecule has 92 valence electrons. The van der Waals surface area contributed by atoms with Crippen LogP contribution in [0.2, 0.25) is 0 Å². The minimum atomic E-state index is -4.48. The van der Waals surface area contributed by atoms with Gasteiger partial charge in [-0.05, 0) is 6.07 Å². The predicted molar refractivity (Wildman–Crippen MR) is 54.4 cm³/mol. The quantitative estimate of drug-likeness (QED) is 0.728. The van der Waals surface area contributed by atoms with Crippen LogP contribution in [-0.2, 0) is 6.18 Å². The molecule has 0 saturated heterocycles. The normalized spacial score (nSPS) is 10.9. The first-order valence-corrected chi connectivity index (χ1v) is 4.41. The van der Waals surface area contributed by atoms with E-state index in [9.17, 15) is 22.4 Å². The van der Waals surface area contributed by atoms with Gasteiger partial charge in [-0.2, -0.15) is 13.2 Å². The third-order valence-electron chi connectivity index (χ3n) is 1.95. The summed E-state index contributed by atoms with van der Waals surface area (Å²) in [4.78, 5) is 16.3. The lowest BCUT2D eigenvalue weighted by Crippen LogP contribution is -2.13. The van der Waals surface area contributed by atoms with Gasteiger partial charge in [-0.3, -0.25) is 4.39 Å². The number of hydrogen-bond acceptors (Lipinski definition) is 2. The lowest BCUT2D eigenvalue weighted by atomic mass is 10.1. The number of benzene rings is 1. The van der Waals surface area contributed by atoms with Crippen LogP contribution in [0.15, 0.2) is 29.2 Å². The molecule has 0 atom stereocenters. The molecule has 1 heterocycles. The topological polar surface area (TPSA) is 45.8 Å². The van der Waals surface area contributed by atoms with Gasteiger partial charge >= 0.3 is 11.9 Å². The molecule has 2 rings (SSSR count). The van der Waals surface area contributed by atoms with Gasteiger partial charge in [0.2, 0.25) is 0 Å². The predicted octanol–water partition coefficient (Wildman–Crippen LogP) is 2.53. The van der Waals surface area contributed by atoms with Crippen molar-refractivity contribution in [2.45, 2.75) is 6.18 Å². The molecule has 0 bridgehead atoms. The Morgan fingerprint density at radius 1 is 1.24 bits per heavy atom. The van der Waals surface area contributed by atoms with Gasteiger partial charge in [0.1, 0.15) is 0 Å². The fourth-order valence-electron chi connectivity index (χ4n) is 1.32. The van der Waals surface area contributed by atoms with Crippen LogP contribution >= 0.6 is 0 Å². The van der Waals surface area contributed by atoms with Crippen molar-refractivity contribution in [3.8, 4) is 0 Å². The molecule has 1 aromatic carbocycles. The molecule has 0 saturated carbocycles. The van der Waals surface area contributed by atoms with E-state index >= 15 is 0 Å². The number of para-hydroxylation sites is 1. The van der Waals surface area contributed by atoms with Crippen LogP contribution in [0.4, 0.5) is 17.6 Å². The second-order valence-corrected chi connectivity index (χ2v) is 2.96. The summed E-state index contributed by atoms with van der Waals surface area (Å²) in [6.07, 6.45) is -3.37. The number of fused-ring (bicyclic) bond motifs is 1. The SMILES string of the molecule is CF.O=c1ncc2cccc(C(F)(F)F)c2[nH]1. The zero-order valence-corrected chi connectivity index (χ0v) is 8.68. The minimum Gasteiger partial charge on any atom is -0.305 e. The van der Waals surface area contributed by atoms with Gasteiger partial charge in [0, 0.05) is 11.6 Å². The Labute approximate surface area is 93.1 Å². The molecule has 0 radical (unpaired) electrons. The first-order chi connectivity index (χ1) is 7.98. The van der Waals surface area contributed by atoms with Gasteiger partial charge in [0.05, 0.1) is 18.3 Å². The number of aromatic amines is 1. The highest BCUT2D eigenvalue weighted by Gasteiger charge is 2.32. The van der Waals surface area contributed by atoms with Gasteiger partial charge in [0.15, 0.2) is 0 Å². The number of nitrogens with one attached hydrogen (secondary N) is 1. The monoisotopic (exact) mass is 248 g/mol. The van der Waals surface area contributed by atoms with E-state index in [1.807, 2.05) is 0 Å². The molecule has 0 spiro atoms. The maximum atomic E-state index is 12.5. The number of nitrogens with zero attached hydrogens (tertiary/aromatic N) is 1. The van der Waals surface area contributed by atoms with Gasteiger partial charge in [-0.15, -0.1) is 0 Å². The Bertz CT molecular complexity index is 562. The molecule has 17 heavy (non-hydrogen) atoms. The summed E-state index contributed by atoms with van der Waals surface area (Å²) in [6, 6.07) is 3.64. The summed E-state index contributed by atoms with van der Waals surface area (Å²) in [5.41, 5.74) is -1.89. The molecule has 0 aliphatic rings. The van der Waals surface area contributed by atoms with E-state index in [2.05, 4.69) is 9.97 Å². The van der Waals surface area contributed by atoms with E-state index in [-0.39, 0.29) is 10.9 Å². The van der Waals surface area contributed by atoms with Crippen LogP contribution in [0.1, 0.15) is 5.56 Å². The molecule has 0 fully saturated rings. The number of aromatic nitrogens is 2. The molecule has 1 N–H and O–H groups in total. The van der Waals surface area contributed by atoms with E-state index < -0.39 is 17.4 Å². The van der Waals surface area contributed by atoms with Crippen molar-refractivity contribution in [2.75, 3.05) is 7.18 Å². The van der Waals surface area contributed by atoms with E-state index in [0.29, 0.717) is 7.18 Å². The third-order valence-corrected chi connectivity index (χ3v) is 1.95. The number of hydrogen-bond donors (Lipinski definition) is 1. The van der Waals surface area contributed by atoms with Crippen LogP contribution in [-0.4, -0.2) is 17.1 Å². The van der Waals surface area contributed by atoms with Crippen LogP contribution in [0.5, 0.6) is 0 Å². The second kappa shape index (κ2) is 4.94. The van der Waals surface area contributed by atoms with Crippen LogP contribution in [0.25, 0.3) is 10.9 Å². The highest BCUT2D eigenvalue weighted by atomic mass is 19.4. The van der Waals surface area contributed by atoms with Crippen molar-refractivity contribution >= 4 is 10.9 Å².